The Morgan fingerprint density at radius 2 is 1.86 bits per heavy atom. The van der Waals surface area contributed by atoms with E-state index < -0.39 is 0 Å². The Kier molecular flexibility index (Phi) is 3.05. The first-order valence-corrected chi connectivity index (χ1v) is 6.36. The van der Waals surface area contributed by atoms with E-state index in [-0.39, 0.29) is 17.3 Å². The highest BCUT2D eigenvalue weighted by atomic mass is 35.5. The Hall–Kier alpha value is -2.91. The zero-order chi connectivity index (χ0) is 15.0. The number of hydrogen-bond acceptors (Lipinski definition) is 6. The number of aromatic nitrogens is 3. The fraction of sp³-hybridized carbons (Fsp3) is 0. The number of nitriles is 1. The standard InChI is InChI=1S/C14H9ClN6/c15-11-4-2-7-5-8(1-3-10(7)19-11)12-9(6-16)13(17)21-14(18)20-12/h1-5H,(H4,17,18,20,21). The molecule has 3 rings (SSSR count). The van der Waals surface area contributed by atoms with Crippen molar-refractivity contribution in [3.63, 3.8) is 0 Å². The summed E-state index contributed by atoms with van der Waals surface area (Å²) >= 11 is 5.86. The maximum Gasteiger partial charge on any atom is 0.222 e. The van der Waals surface area contributed by atoms with E-state index in [9.17, 15) is 5.26 Å². The van der Waals surface area contributed by atoms with Crippen LogP contribution >= 0.6 is 11.6 Å². The van der Waals surface area contributed by atoms with Gasteiger partial charge in [0.2, 0.25) is 5.95 Å². The number of rotatable bonds is 1. The van der Waals surface area contributed by atoms with Gasteiger partial charge in [0.25, 0.3) is 0 Å². The number of fused-ring (bicyclic) bond motifs is 1. The van der Waals surface area contributed by atoms with E-state index in [1.807, 2.05) is 18.2 Å². The van der Waals surface area contributed by atoms with Crippen LogP contribution in [0.3, 0.4) is 0 Å². The van der Waals surface area contributed by atoms with Crippen LogP contribution in [0.5, 0.6) is 0 Å². The highest BCUT2D eigenvalue weighted by Gasteiger charge is 2.13. The SMILES string of the molecule is N#Cc1c(N)nc(N)nc1-c1ccc2nc(Cl)ccc2c1. The van der Waals surface area contributed by atoms with Crippen LogP contribution in [-0.4, -0.2) is 15.0 Å². The number of pyridine rings is 1. The average molecular weight is 297 g/mol. The molecule has 0 aliphatic rings. The molecule has 0 fully saturated rings. The maximum absolute atomic E-state index is 9.22. The van der Waals surface area contributed by atoms with Crippen LogP contribution in [0.25, 0.3) is 22.2 Å². The molecule has 2 heterocycles. The first-order chi connectivity index (χ1) is 10.1. The minimum Gasteiger partial charge on any atom is -0.382 e. The quantitative estimate of drug-likeness (QED) is 0.666. The fourth-order valence-corrected chi connectivity index (χ4v) is 2.22. The Morgan fingerprint density at radius 3 is 2.62 bits per heavy atom. The zero-order valence-electron chi connectivity index (χ0n) is 10.7. The Balaban J connectivity index is 2.26. The van der Waals surface area contributed by atoms with Crippen LogP contribution < -0.4 is 11.5 Å². The molecule has 21 heavy (non-hydrogen) atoms. The highest BCUT2D eigenvalue weighted by molar-refractivity contribution is 6.29. The number of hydrogen-bond donors (Lipinski definition) is 2. The van der Waals surface area contributed by atoms with Gasteiger partial charge in [-0.1, -0.05) is 17.7 Å². The van der Waals surface area contributed by atoms with Gasteiger partial charge >= 0.3 is 0 Å². The molecule has 102 valence electrons. The van der Waals surface area contributed by atoms with Crippen molar-refractivity contribution < 1.29 is 0 Å². The molecule has 6 nitrogen and oxygen atoms in total. The second kappa shape index (κ2) is 4.89. The second-order valence-electron chi connectivity index (χ2n) is 4.34. The largest absolute Gasteiger partial charge is 0.382 e. The smallest absolute Gasteiger partial charge is 0.222 e. The minimum atomic E-state index is 0.0239. The van der Waals surface area contributed by atoms with E-state index >= 15 is 0 Å². The molecule has 0 bridgehead atoms. The van der Waals surface area contributed by atoms with Gasteiger partial charge in [-0.15, -0.1) is 0 Å². The fourth-order valence-electron chi connectivity index (χ4n) is 2.06. The van der Waals surface area contributed by atoms with Crippen molar-refractivity contribution in [2.24, 2.45) is 0 Å². The van der Waals surface area contributed by atoms with Crippen LogP contribution in [0.4, 0.5) is 11.8 Å². The number of nitrogens with zero attached hydrogens (tertiary/aromatic N) is 4. The van der Waals surface area contributed by atoms with E-state index in [1.54, 1.807) is 18.2 Å². The summed E-state index contributed by atoms with van der Waals surface area (Å²) in [5.74, 6) is 0.0881. The first kappa shape index (κ1) is 13.1. The third-order valence-electron chi connectivity index (χ3n) is 2.99. The molecule has 0 aliphatic heterocycles. The molecule has 0 saturated heterocycles. The lowest BCUT2D eigenvalue weighted by Gasteiger charge is -2.07. The van der Waals surface area contributed by atoms with Gasteiger partial charge in [-0.2, -0.15) is 10.2 Å². The summed E-state index contributed by atoms with van der Waals surface area (Å²) in [6.07, 6.45) is 0. The Labute approximate surface area is 125 Å². The topological polar surface area (TPSA) is 114 Å². The summed E-state index contributed by atoms with van der Waals surface area (Å²) in [5, 5.41) is 10.5. The second-order valence-corrected chi connectivity index (χ2v) is 4.73. The molecule has 0 radical (unpaired) electrons. The van der Waals surface area contributed by atoms with Gasteiger partial charge in [0, 0.05) is 10.9 Å². The lowest BCUT2D eigenvalue weighted by atomic mass is 10.0. The summed E-state index contributed by atoms with van der Waals surface area (Å²) in [4.78, 5) is 12.1. The van der Waals surface area contributed by atoms with Gasteiger partial charge < -0.3 is 11.5 Å². The van der Waals surface area contributed by atoms with E-state index in [0.717, 1.165) is 10.9 Å². The predicted octanol–water partition coefficient (Wildman–Crippen LogP) is 2.38. The van der Waals surface area contributed by atoms with Gasteiger partial charge in [0.05, 0.1) is 11.2 Å². The summed E-state index contributed by atoms with van der Waals surface area (Å²) in [6, 6.07) is 11.0. The summed E-state index contributed by atoms with van der Waals surface area (Å²) in [5.41, 5.74) is 13.4. The van der Waals surface area contributed by atoms with Crippen molar-refractivity contribution in [1.29, 1.82) is 5.26 Å². The van der Waals surface area contributed by atoms with Gasteiger partial charge in [-0.05, 0) is 24.3 Å². The minimum absolute atomic E-state index is 0.0239. The van der Waals surface area contributed by atoms with Crippen molar-refractivity contribution >= 4 is 34.3 Å². The molecular formula is C14H9ClN6. The van der Waals surface area contributed by atoms with Crippen LogP contribution in [-0.2, 0) is 0 Å². The number of anilines is 2. The molecule has 1 aromatic carbocycles. The van der Waals surface area contributed by atoms with E-state index in [4.69, 9.17) is 23.1 Å². The third-order valence-corrected chi connectivity index (χ3v) is 3.21. The molecule has 0 saturated carbocycles. The van der Waals surface area contributed by atoms with Crippen molar-refractivity contribution in [2.45, 2.75) is 0 Å². The Bertz CT molecular complexity index is 900. The van der Waals surface area contributed by atoms with E-state index in [1.165, 1.54) is 0 Å². The molecule has 0 spiro atoms. The van der Waals surface area contributed by atoms with Gasteiger partial charge in [-0.25, -0.2) is 9.97 Å². The monoisotopic (exact) mass is 296 g/mol. The normalized spacial score (nSPS) is 10.5. The van der Waals surface area contributed by atoms with E-state index in [2.05, 4.69) is 15.0 Å². The summed E-state index contributed by atoms with van der Waals surface area (Å²) in [6.45, 7) is 0. The third kappa shape index (κ3) is 2.30. The van der Waals surface area contributed by atoms with Crippen LogP contribution in [0, 0.1) is 11.3 Å². The van der Waals surface area contributed by atoms with Crippen LogP contribution in [0.15, 0.2) is 30.3 Å². The first-order valence-electron chi connectivity index (χ1n) is 5.98. The van der Waals surface area contributed by atoms with Crippen LogP contribution in [0.2, 0.25) is 5.15 Å². The predicted molar refractivity (Wildman–Crippen MR) is 81.3 cm³/mol. The van der Waals surface area contributed by atoms with E-state index in [0.29, 0.717) is 16.4 Å². The maximum atomic E-state index is 9.22. The van der Waals surface area contributed by atoms with Crippen molar-refractivity contribution in [3.05, 3.63) is 41.0 Å². The molecule has 0 aliphatic carbocycles. The molecule has 0 atom stereocenters. The van der Waals surface area contributed by atoms with Gasteiger partial charge in [0.15, 0.2) is 0 Å². The summed E-state index contributed by atoms with van der Waals surface area (Å²) in [7, 11) is 0. The molecule has 4 N–H and O–H groups in total. The number of nitrogen functional groups attached to an aromatic ring is 2. The number of halogens is 1. The lowest BCUT2D eigenvalue weighted by molar-refractivity contribution is 1.18. The van der Waals surface area contributed by atoms with Crippen molar-refractivity contribution in [2.75, 3.05) is 11.5 Å². The van der Waals surface area contributed by atoms with Crippen molar-refractivity contribution in [3.8, 4) is 17.3 Å². The average Bonchev–Trinajstić information content (AvgIpc) is 2.46. The zero-order valence-corrected chi connectivity index (χ0v) is 11.5. The van der Waals surface area contributed by atoms with Gasteiger partial charge in [-0.3, -0.25) is 0 Å². The molecule has 7 heteroatoms. The molecule has 0 amide bonds. The summed E-state index contributed by atoms with van der Waals surface area (Å²) < 4.78 is 0. The number of nitrogens with two attached hydrogens (primary N) is 2. The highest BCUT2D eigenvalue weighted by Crippen LogP contribution is 2.28. The molecule has 2 aromatic heterocycles. The molecular weight excluding hydrogens is 288 g/mol. The number of benzene rings is 1. The lowest BCUT2D eigenvalue weighted by Crippen LogP contribution is -2.04. The van der Waals surface area contributed by atoms with Crippen LogP contribution in [0.1, 0.15) is 5.56 Å². The van der Waals surface area contributed by atoms with Gasteiger partial charge in [0.1, 0.15) is 22.6 Å². The molecule has 3 aromatic rings. The molecule has 0 unspecified atom stereocenters. The Morgan fingerprint density at radius 1 is 1.05 bits per heavy atom. The van der Waals surface area contributed by atoms with Crippen molar-refractivity contribution in [1.82, 2.24) is 15.0 Å².